The number of hydrogen-bond acceptors (Lipinski definition) is 2. The van der Waals surface area contributed by atoms with Crippen LogP contribution in [0.25, 0.3) is 0 Å². The van der Waals surface area contributed by atoms with Gasteiger partial charge in [-0.05, 0) is 41.2 Å². The molecule has 1 fully saturated rings. The number of carboxylic acid groups (broad SMARTS) is 1. The lowest BCUT2D eigenvalue weighted by Gasteiger charge is -2.34. The van der Waals surface area contributed by atoms with Crippen LogP contribution in [0, 0.1) is 11.7 Å². The van der Waals surface area contributed by atoms with Crippen molar-refractivity contribution in [1.29, 1.82) is 0 Å². The van der Waals surface area contributed by atoms with Gasteiger partial charge in [-0.1, -0.05) is 36.4 Å². The minimum atomic E-state index is -0.981. The SMILES string of the molecule is O=C(O)[C@@H]1Cc2ccccc2CN1C(=O)[C@@H]1C[C@H]1c1cccc(F)c1. The van der Waals surface area contributed by atoms with Gasteiger partial charge >= 0.3 is 5.97 Å². The van der Waals surface area contributed by atoms with Crippen LogP contribution in [-0.4, -0.2) is 27.9 Å². The largest absolute Gasteiger partial charge is 0.480 e. The van der Waals surface area contributed by atoms with Gasteiger partial charge in [0.15, 0.2) is 0 Å². The molecule has 4 nitrogen and oxygen atoms in total. The molecule has 1 heterocycles. The second-order valence-electron chi connectivity index (χ2n) is 6.80. The van der Waals surface area contributed by atoms with Crippen molar-refractivity contribution in [3.05, 3.63) is 71.0 Å². The van der Waals surface area contributed by atoms with E-state index < -0.39 is 12.0 Å². The number of nitrogens with zero attached hydrogens (tertiary/aromatic N) is 1. The number of carboxylic acids is 1. The van der Waals surface area contributed by atoms with Crippen LogP contribution >= 0.6 is 0 Å². The lowest BCUT2D eigenvalue weighted by Crippen LogP contribution is -2.49. The number of rotatable bonds is 3. The summed E-state index contributed by atoms with van der Waals surface area (Å²) in [6.07, 6.45) is 0.974. The summed E-state index contributed by atoms with van der Waals surface area (Å²) >= 11 is 0. The minimum absolute atomic E-state index is 0.0187. The van der Waals surface area contributed by atoms with E-state index in [1.54, 1.807) is 6.07 Å². The molecule has 1 saturated carbocycles. The van der Waals surface area contributed by atoms with E-state index in [1.807, 2.05) is 30.3 Å². The van der Waals surface area contributed by atoms with Gasteiger partial charge in [0.05, 0.1) is 0 Å². The highest BCUT2D eigenvalue weighted by Crippen LogP contribution is 2.49. The number of amides is 1. The summed E-state index contributed by atoms with van der Waals surface area (Å²) < 4.78 is 13.4. The topological polar surface area (TPSA) is 57.6 Å². The van der Waals surface area contributed by atoms with E-state index in [-0.39, 0.29) is 23.6 Å². The summed E-state index contributed by atoms with van der Waals surface area (Å²) in [5, 5.41) is 9.56. The first-order valence-corrected chi connectivity index (χ1v) is 8.40. The Morgan fingerprint density at radius 3 is 2.56 bits per heavy atom. The molecule has 3 atom stereocenters. The molecular formula is C20H18FNO3. The Morgan fingerprint density at radius 1 is 1.08 bits per heavy atom. The van der Waals surface area contributed by atoms with Crippen molar-refractivity contribution in [1.82, 2.24) is 4.90 Å². The molecular weight excluding hydrogens is 321 g/mol. The van der Waals surface area contributed by atoms with Crippen molar-refractivity contribution < 1.29 is 19.1 Å². The van der Waals surface area contributed by atoms with Crippen molar-refractivity contribution in [2.24, 2.45) is 5.92 Å². The molecule has 128 valence electrons. The zero-order valence-corrected chi connectivity index (χ0v) is 13.6. The molecule has 5 heteroatoms. The van der Waals surface area contributed by atoms with Gasteiger partial charge in [0.25, 0.3) is 0 Å². The molecule has 0 spiro atoms. The molecule has 0 unspecified atom stereocenters. The molecule has 1 aliphatic heterocycles. The first-order chi connectivity index (χ1) is 12.0. The second-order valence-corrected chi connectivity index (χ2v) is 6.80. The molecule has 1 aliphatic carbocycles. The van der Waals surface area contributed by atoms with Gasteiger partial charge in [0, 0.05) is 18.9 Å². The van der Waals surface area contributed by atoms with E-state index in [2.05, 4.69) is 0 Å². The summed E-state index contributed by atoms with van der Waals surface area (Å²) in [6.45, 7) is 0.318. The molecule has 0 aromatic heterocycles. The summed E-state index contributed by atoms with van der Waals surface area (Å²) in [5.41, 5.74) is 2.79. The monoisotopic (exact) mass is 339 g/mol. The van der Waals surface area contributed by atoms with E-state index in [1.165, 1.54) is 17.0 Å². The third-order valence-electron chi connectivity index (χ3n) is 5.20. The third kappa shape index (κ3) is 2.90. The number of aliphatic carboxylic acids is 1. The quantitative estimate of drug-likeness (QED) is 0.935. The average molecular weight is 339 g/mol. The molecule has 0 saturated heterocycles. The van der Waals surface area contributed by atoms with Crippen molar-refractivity contribution in [2.45, 2.75) is 31.3 Å². The Labute approximate surface area is 144 Å². The van der Waals surface area contributed by atoms with Crippen LogP contribution in [0.5, 0.6) is 0 Å². The number of benzene rings is 2. The van der Waals surface area contributed by atoms with Crippen LogP contribution in [0.1, 0.15) is 29.0 Å². The van der Waals surface area contributed by atoms with E-state index in [9.17, 15) is 19.1 Å². The Balaban J connectivity index is 1.56. The Kier molecular flexibility index (Phi) is 3.79. The third-order valence-corrected chi connectivity index (χ3v) is 5.20. The summed E-state index contributed by atoms with van der Waals surface area (Å²) in [4.78, 5) is 26.1. The molecule has 4 rings (SSSR count). The number of carbonyl (C=O) groups excluding carboxylic acids is 1. The summed E-state index contributed by atoms with van der Waals surface area (Å²) in [6, 6.07) is 13.1. The van der Waals surface area contributed by atoms with E-state index in [0.29, 0.717) is 19.4 Å². The number of halogens is 1. The first kappa shape index (κ1) is 15.8. The van der Waals surface area contributed by atoms with Crippen LogP contribution in [0.3, 0.4) is 0 Å². The fourth-order valence-electron chi connectivity index (χ4n) is 3.76. The second kappa shape index (κ2) is 5.99. The van der Waals surface area contributed by atoms with Gasteiger partial charge in [0.2, 0.25) is 5.91 Å². The first-order valence-electron chi connectivity index (χ1n) is 8.40. The van der Waals surface area contributed by atoms with E-state index in [4.69, 9.17) is 0 Å². The number of fused-ring (bicyclic) bond motifs is 1. The maximum atomic E-state index is 13.4. The maximum Gasteiger partial charge on any atom is 0.326 e. The Hall–Kier alpha value is -2.69. The van der Waals surface area contributed by atoms with Crippen LogP contribution in [-0.2, 0) is 22.6 Å². The molecule has 1 amide bonds. The lowest BCUT2D eigenvalue weighted by molar-refractivity contribution is -0.152. The van der Waals surface area contributed by atoms with Crippen molar-refractivity contribution in [3.8, 4) is 0 Å². The summed E-state index contributed by atoms with van der Waals surface area (Å²) in [5.74, 6) is -1.71. The molecule has 1 N–H and O–H groups in total. The lowest BCUT2D eigenvalue weighted by atomic mass is 9.93. The standard InChI is InChI=1S/C20H18FNO3/c21-15-7-3-6-13(8-15)16-10-17(16)19(23)22-11-14-5-2-1-4-12(14)9-18(22)20(24)25/h1-8,16-18H,9-11H2,(H,24,25)/t16-,17+,18-/m0/s1. The maximum absolute atomic E-state index is 13.4. The van der Waals surface area contributed by atoms with Gasteiger partial charge in [-0.15, -0.1) is 0 Å². The van der Waals surface area contributed by atoms with Crippen LogP contribution in [0.15, 0.2) is 48.5 Å². The fourth-order valence-corrected chi connectivity index (χ4v) is 3.76. The highest BCUT2D eigenvalue weighted by Gasteiger charge is 2.48. The Morgan fingerprint density at radius 2 is 1.84 bits per heavy atom. The fraction of sp³-hybridized carbons (Fsp3) is 0.300. The number of carbonyl (C=O) groups is 2. The zero-order chi connectivity index (χ0) is 17.6. The normalized spacial score (nSPS) is 24.5. The molecule has 2 aliphatic rings. The molecule has 2 aromatic carbocycles. The predicted octanol–water partition coefficient (Wildman–Crippen LogP) is 2.97. The van der Waals surface area contributed by atoms with Crippen molar-refractivity contribution >= 4 is 11.9 Å². The summed E-state index contributed by atoms with van der Waals surface area (Å²) in [7, 11) is 0. The minimum Gasteiger partial charge on any atom is -0.480 e. The Bertz CT molecular complexity index is 850. The number of hydrogen-bond donors (Lipinski definition) is 1. The van der Waals surface area contributed by atoms with E-state index >= 15 is 0 Å². The highest BCUT2D eigenvalue weighted by molar-refractivity contribution is 5.88. The smallest absolute Gasteiger partial charge is 0.326 e. The van der Waals surface area contributed by atoms with Crippen LogP contribution in [0.4, 0.5) is 4.39 Å². The molecule has 0 radical (unpaired) electrons. The highest BCUT2D eigenvalue weighted by atomic mass is 19.1. The van der Waals surface area contributed by atoms with Crippen molar-refractivity contribution in [3.63, 3.8) is 0 Å². The van der Waals surface area contributed by atoms with Crippen molar-refractivity contribution in [2.75, 3.05) is 0 Å². The molecule has 2 aromatic rings. The zero-order valence-electron chi connectivity index (χ0n) is 13.6. The average Bonchev–Trinajstić information content (AvgIpc) is 3.40. The molecule has 0 bridgehead atoms. The predicted molar refractivity (Wildman–Crippen MR) is 89.4 cm³/mol. The van der Waals surface area contributed by atoms with Crippen LogP contribution in [0.2, 0.25) is 0 Å². The van der Waals surface area contributed by atoms with Gasteiger partial charge in [-0.2, -0.15) is 0 Å². The van der Waals surface area contributed by atoms with Gasteiger partial charge in [-0.25, -0.2) is 9.18 Å². The van der Waals surface area contributed by atoms with Crippen LogP contribution < -0.4 is 0 Å². The van der Waals surface area contributed by atoms with Gasteiger partial charge < -0.3 is 10.0 Å². The van der Waals surface area contributed by atoms with Gasteiger partial charge in [0.1, 0.15) is 11.9 Å². The molecule has 25 heavy (non-hydrogen) atoms. The van der Waals surface area contributed by atoms with E-state index in [0.717, 1.165) is 16.7 Å². The van der Waals surface area contributed by atoms with Gasteiger partial charge in [-0.3, -0.25) is 4.79 Å².